The van der Waals surface area contributed by atoms with E-state index in [1.54, 1.807) is 18.2 Å². The number of benzene rings is 2. The zero-order valence-electron chi connectivity index (χ0n) is 12.6. The predicted octanol–water partition coefficient (Wildman–Crippen LogP) is 4.26. The first-order valence-corrected chi connectivity index (χ1v) is 7.87. The summed E-state index contributed by atoms with van der Waals surface area (Å²) in [6.45, 7) is 1.18. The van der Waals surface area contributed by atoms with Crippen molar-refractivity contribution < 1.29 is 14.3 Å². The van der Waals surface area contributed by atoms with Gasteiger partial charge in [-0.05, 0) is 35.7 Å². The van der Waals surface area contributed by atoms with Crippen LogP contribution in [0.3, 0.4) is 0 Å². The number of hydrogen-bond acceptors (Lipinski definition) is 3. The average Bonchev–Trinajstić information content (AvgIpc) is 2.50. The van der Waals surface area contributed by atoms with Crippen molar-refractivity contribution in [2.24, 2.45) is 0 Å². The summed E-state index contributed by atoms with van der Waals surface area (Å²) < 4.78 is 4.92. The van der Waals surface area contributed by atoms with Crippen molar-refractivity contribution >= 4 is 35.0 Å². The molecule has 5 heteroatoms. The van der Waals surface area contributed by atoms with Gasteiger partial charge in [0.15, 0.2) is 5.78 Å². The van der Waals surface area contributed by atoms with Crippen LogP contribution in [0.25, 0.3) is 0 Å². The molecule has 3 nitrogen and oxygen atoms in total. The minimum absolute atomic E-state index is 0.103. The Morgan fingerprint density at radius 2 is 1.57 bits per heavy atom. The van der Waals surface area contributed by atoms with Gasteiger partial charge in [0.1, 0.15) is 6.61 Å². The molecule has 2 rings (SSSR count). The number of ether oxygens (including phenoxy) is 1. The molecule has 0 spiro atoms. The van der Waals surface area contributed by atoms with Gasteiger partial charge in [0.05, 0.1) is 6.42 Å². The lowest BCUT2D eigenvalue weighted by Gasteiger charge is -2.11. The Labute approximate surface area is 145 Å². The maximum absolute atomic E-state index is 11.8. The summed E-state index contributed by atoms with van der Waals surface area (Å²) >= 11 is 12.4. The highest BCUT2D eigenvalue weighted by molar-refractivity contribution is 6.36. The number of rotatable bonds is 6. The first kappa shape index (κ1) is 17.5. The molecule has 0 aliphatic heterocycles. The summed E-state index contributed by atoms with van der Waals surface area (Å²) in [4.78, 5) is 22.7. The Hall–Kier alpha value is -1.84. The van der Waals surface area contributed by atoms with E-state index >= 15 is 0 Å². The van der Waals surface area contributed by atoms with Crippen LogP contribution in [-0.2, 0) is 27.2 Å². The average molecular weight is 351 g/mol. The lowest BCUT2D eigenvalue weighted by atomic mass is 9.98. The molecule has 0 saturated heterocycles. The molecule has 0 saturated carbocycles. The van der Waals surface area contributed by atoms with Gasteiger partial charge in [-0.25, -0.2) is 0 Å². The highest BCUT2D eigenvalue weighted by Crippen LogP contribution is 2.28. The van der Waals surface area contributed by atoms with E-state index in [0.717, 1.165) is 16.7 Å². The zero-order valence-corrected chi connectivity index (χ0v) is 14.2. The lowest BCUT2D eigenvalue weighted by molar-refractivity contribution is -0.146. The number of halogens is 2. The Kier molecular flexibility index (Phi) is 6.20. The van der Waals surface area contributed by atoms with Crippen LogP contribution >= 0.6 is 23.2 Å². The quantitative estimate of drug-likeness (QED) is 0.731. The van der Waals surface area contributed by atoms with Crippen LogP contribution in [0.2, 0.25) is 10.0 Å². The molecule has 0 N–H and O–H groups in total. The second-order valence-electron chi connectivity index (χ2n) is 5.19. The fraction of sp³-hybridized carbons (Fsp3) is 0.222. The molecular weight excluding hydrogens is 335 g/mol. The van der Waals surface area contributed by atoms with Gasteiger partial charge in [0.25, 0.3) is 0 Å². The second kappa shape index (κ2) is 8.14. The third-order valence-electron chi connectivity index (χ3n) is 3.32. The standard InChI is InChI=1S/C18H16Cl2O3/c1-12(21)11-23-18(22)10-14-6-3-2-5-13(14)9-15-16(19)7-4-8-17(15)20/h2-8H,9-11H2,1H3. The van der Waals surface area contributed by atoms with Crippen molar-refractivity contribution in [2.75, 3.05) is 6.61 Å². The topological polar surface area (TPSA) is 43.4 Å². The Bertz CT molecular complexity index is 706. The summed E-state index contributed by atoms with van der Waals surface area (Å²) in [5, 5.41) is 1.18. The van der Waals surface area contributed by atoms with Crippen molar-refractivity contribution in [3.8, 4) is 0 Å². The molecule has 0 radical (unpaired) electrons. The summed E-state index contributed by atoms with van der Waals surface area (Å²) in [6.07, 6.45) is 0.625. The Balaban J connectivity index is 2.18. The Morgan fingerprint density at radius 3 is 2.17 bits per heavy atom. The van der Waals surface area contributed by atoms with Crippen LogP contribution in [-0.4, -0.2) is 18.4 Å². The predicted molar refractivity (Wildman–Crippen MR) is 91.1 cm³/mol. The molecule has 0 aliphatic carbocycles. The first-order chi connectivity index (χ1) is 11.0. The molecular formula is C18H16Cl2O3. The van der Waals surface area contributed by atoms with Gasteiger partial charge in [-0.1, -0.05) is 53.5 Å². The highest BCUT2D eigenvalue weighted by Gasteiger charge is 2.13. The molecule has 0 amide bonds. The van der Waals surface area contributed by atoms with Crippen molar-refractivity contribution in [1.82, 2.24) is 0 Å². The molecule has 0 aliphatic rings. The summed E-state index contributed by atoms with van der Waals surface area (Å²) in [5.74, 6) is -0.618. The number of hydrogen-bond donors (Lipinski definition) is 0. The van der Waals surface area contributed by atoms with E-state index in [-0.39, 0.29) is 18.8 Å². The summed E-state index contributed by atoms with van der Waals surface area (Å²) in [5.41, 5.74) is 2.60. The summed E-state index contributed by atoms with van der Waals surface area (Å²) in [6, 6.07) is 12.9. The van der Waals surface area contributed by atoms with E-state index < -0.39 is 5.97 Å². The molecule has 2 aromatic carbocycles. The van der Waals surface area contributed by atoms with E-state index in [0.29, 0.717) is 16.5 Å². The lowest BCUT2D eigenvalue weighted by Crippen LogP contribution is -2.14. The van der Waals surface area contributed by atoms with E-state index in [1.165, 1.54) is 6.92 Å². The fourth-order valence-corrected chi connectivity index (χ4v) is 2.71. The number of carbonyl (C=O) groups is 2. The largest absolute Gasteiger partial charge is 0.457 e. The highest BCUT2D eigenvalue weighted by atomic mass is 35.5. The van der Waals surface area contributed by atoms with Crippen LogP contribution in [0.5, 0.6) is 0 Å². The smallest absolute Gasteiger partial charge is 0.310 e. The van der Waals surface area contributed by atoms with Gasteiger partial charge in [0.2, 0.25) is 0 Å². The van der Waals surface area contributed by atoms with Crippen molar-refractivity contribution in [3.63, 3.8) is 0 Å². The SMILES string of the molecule is CC(=O)COC(=O)Cc1ccccc1Cc1c(Cl)cccc1Cl. The molecule has 0 aromatic heterocycles. The second-order valence-corrected chi connectivity index (χ2v) is 6.00. The van der Waals surface area contributed by atoms with E-state index in [9.17, 15) is 9.59 Å². The molecule has 0 heterocycles. The molecule has 0 unspecified atom stereocenters. The van der Waals surface area contributed by atoms with Crippen molar-refractivity contribution in [2.45, 2.75) is 19.8 Å². The zero-order chi connectivity index (χ0) is 16.8. The molecule has 2 aromatic rings. The normalized spacial score (nSPS) is 10.4. The number of ketones is 1. The van der Waals surface area contributed by atoms with Crippen LogP contribution in [0.15, 0.2) is 42.5 Å². The monoisotopic (exact) mass is 350 g/mol. The molecule has 0 fully saturated rings. The molecule has 0 bridgehead atoms. The van der Waals surface area contributed by atoms with Crippen molar-refractivity contribution in [3.05, 3.63) is 69.2 Å². The van der Waals surface area contributed by atoms with Crippen LogP contribution < -0.4 is 0 Å². The number of Topliss-reactive ketones (excluding diaryl/α,β-unsaturated/α-hetero) is 1. The van der Waals surface area contributed by atoms with E-state index in [4.69, 9.17) is 27.9 Å². The maximum Gasteiger partial charge on any atom is 0.310 e. The minimum atomic E-state index is -0.432. The number of carbonyl (C=O) groups excluding carboxylic acids is 2. The van der Waals surface area contributed by atoms with Crippen LogP contribution in [0, 0.1) is 0 Å². The minimum Gasteiger partial charge on any atom is -0.457 e. The summed E-state index contributed by atoms with van der Waals surface area (Å²) in [7, 11) is 0. The van der Waals surface area contributed by atoms with Gasteiger partial charge in [0, 0.05) is 16.5 Å². The van der Waals surface area contributed by atoms with Gasteiger partial charge in [-0.2, -0.15) is 0 Å². The van der Waals surface area contributed by atoms with Gasteiger partial charge in [-0.3, -0.25) is 9.59 Å². The molecule has 0 atom stereocenters. The van der Waals surface area contributed by atoms with Gasteiger partial charge in [-0.15, -0.1) is 0 Å². The fourth-order valence-electron chi connectivity index (χ4n) is 2.18. The first-order valence-electron chi connectivity index (χ1n) is 7.12. The van der Waals surface area contributed by atoms with Crippen molar-refractivity contribution in [1.29, 1.82) is 0 Å². The third kappa shape index (κ3) is 5.08. The van der Waals surface area contributed by atoms with E-state index in [2.05, 4.69) is 0 Å². The van der Waals surface area contributed by atoms with E-state index in [1.807, 2.05) is 24.3 Å². The van der Waals surface area contributed by atoms with Crippen LogP contribution in [0.1, 0.15) is 23.6 Å². The Morgan fingerprint density at radius 1 is 0.957 bits per heavy atom. The maximum atomic E-state index is 11.8. The van der Waals surface area contributed by atoms with Gasteiger partial charge >= 0.3 is 5.97 Å². The van der Waals surface area contributed by atoms with Crippen LogP contribution in [0.4, 0.5) is 0 Å². The third-order valence-corrected chi connectivity index (χ3v) is 4.03. The number of esters is 1. The van der Waals surface area contributed by atoms with Gasteiger partial charge < -0.3 is 4.74 Å². The molecule has 120 valence electrons. The molecule has 23 heavy (non-hydrogen) atoms.